The number of nitrogens with one attached hydrogen (secondary N) is 1. The van der Waals surface area contributed by atoms with Crippen molar-refractivity contribution in [1.82, 2.24) is 19.8 Å². The van der Waals surface area contributed by atoms with Crippen molar-refractivity contribution in [2.75, 3.05) is 38.0 Å². The minimum Gasteiger partial charge on any atom is -0.444 e. The zero-order valence-corrected chi connectivity index (χ0v) is 20.1. The Morgan fingerprint density at radius 2 is 1.88 bits per heavy atom. The van der Waals surface area contributed by atoms with Gasteiger partial charge in [-0.15, -0.1) is 0 Å². The zero-order chi connectivity index (χ0) is 22.9. The second kappa shape index (κ2) is 9.22. The summed E-state index contributed by atoms with van der Waals surface area (Å²) < 4.78 is 5.50. The van der Waals surface area contributed by atoms with Crippen molar-refractivity contribution in [2.45, 2.75) is 65.0 Å². The second-order valence-corrected chi connectivity index (χ2v) is 10.4. The molecule has 7 heteroatoms. The highest BCUT2D eigenvalue weighted by Crippen LogP contribution is 2.44. The molecule has 4 rings (SSSR count). The number of rotatable bonds is 6. The average Bonchev–Trinajstić information content (AvgIpc) is 3.58. The minimum atomic E-state index is -0.455. The number of para-hydroxylation sites is 1. The predicted molar refractivity (Wildman–Crippen MR) is 128 cm³/mol. The number of carbonyl (C=O) groups is 1. The Morgan fingerprint density at radius 1 is 1.16 bits per heavy atom. The van der Waals surface area contributed by atoms with E-state index in [4.69, 9.17) is 4.74 Å². The van der Waals surface area contributed by atoms with E-state index >= 15 is 0 Å². The number of aromatic nitrogens is 2. The number of amides is 1. The van der Waals surface area contributed by atoms with Gasteiger partial charge in [0, 0.05) is 44.2 Å². The highest BCUT2D eigenvalue weighted by atomic mass is 16.6. The van der Waals surface area contributed by atoms with Crippen LogP contribution >= 0.6 is 0 Å². The van der Waals surface area contributed by atoms with Crippen LogP contribution in [0.2, 0.25) is 0 Å². The van der Waals surface area contributed by atoms with Crippen LogP contribution in [0.3, 0.4) is 0 Å². The highest BCUT2D eigenvalue weighted by Gasteiger charge is 2.30. The number of benzene rings is 1. The van der Waals surface area contributed by atoms with E-state index in [2.05, 4.69) is 52.2 Å². The van der Waals surface area contributed by atoms with Gasteiger partial charge in [-0.05, 0) is 64.0 Å². The summed E-state index contributed by atoms with van der Waals surface area (Å²) >= 11 is 0. The molecule has 0 radical (unpaired) electrons. The monoisotopic (exact) mass is 439 g/mol. The first-order valence-corrected chi connectivity index (χ1v) is 11.9. The first-order chi connectivity index (χ1) is 15.2. The molecule has 0 bridgehead atoms. The molecule has 1 amide bonds. The summed E-state index contributed by atoms with van der Waals surface area (Å²) in [7, 11) is 0. The Labute approximate surface area is 191 Å². The van der Waals surface area contributed by atoms with Crippen molar-refractivity contribution < 1.29 is 9.53 Å². The van der Waals surface area contributed by atoms with E-state index in [1.54, 1.807) is 11.2 Å². The molecule has 2 aromatic rings. The third-order valence-corrected chi connectivity index (χ3v) is 6.45. The fourth-order valence-corrected chi connectivity index (χ4v) is 4.55. The summed E-state index contributed by atoms with van der Waals surface area (Å²) in [6.07, 6.45) is 4.12. The lowest BCUT2D eigenvalue weighted by atomic mass is 9.94. The number of anilines is 1. The maximum absolute atomic E-state index is 12.3. The molecule has 1 saturated carbocycles. The zero-order valence-electron chi connectivity index (χ0n) is 20.1. The summed E-state index contributed by atoms with van der Waals surface area (Å²) in [5.74, 6) is 2.24. The molecule has 7 nitrogen and oxygen atoms in total. The van der Waals surface area contributed by atoms with Crippen LogP contribution in [0.15, 0.2) is 24.5 Å². The lowest BCUT2D eigenvalue weighted by Crippen LogP contribution is -2.51. The highest BCUT2D eigenvalue weighted by molar-refractivity contribution is 5.91. The first kappa shape index (κ1) is 22.8. The summed E-state index contributed by atoms with van der Waals surface area (Å²) in [6.45, 7) is 14.2. The number of nitrogens with zero attached hydrogens (tertiary/aromatic N) is 4. The van der Waals surface area contributed by atoms with E-state index in [1.807, 2.05) is 20.8 Å². The molecule has 2 aliphatic rings. The second-order valence-electron chi connectivity index (χ2n) is 10.4. The van der Waals surface area contributed by atoms with Crippen LogP contribution in [0, 0.1) is 5.92 Å². The van der Waals surface area contributed by atoms with Crippen molar-refractivity contribution in [2.24, 2.45) is 5.92 Å². The molecular weight excluding hydrogens is 402 g/mol. The van der Waals surface area contributed by atoms with Crippen molar-refractivity contribution in [3.63, 3.8) is 0 Å². The molecular formula is C25H37N5O2. The van der Waals surface area contributed by atoms with Gasteiger partial charge in [-0.3, -0.25) is 4.90 Å². The van der Waals surface area contributed by atoms with Crippen LogP contribution in [-0.2, 0) is 4.74 Å². The van der Waals surface area contributed by atoms with Crippen LogP contribution in [0.1, 0.15) is 58.9 Å². The molecule has 1 aromatic heterocycles. The molecule has 32 heavy (non-hydrogen) atoms. The van der Waals surface area contributed by atoms with E-state index in [1.165, 1.54) is 18.4 Å². The standard InChI is InChI=1S/C25H37N5O2/c1-17(15-29-11-13-30(14-12-29)24(31)32-25(3,4)5)28-23-21-8-6-7-20(18(2)19-9-10-19)22(21)26-16-27-23/h6-8,16-19H,9-15H2,1-5H3,(H,26,27,28)/t17-,18?/m0/s1. The van der Waals surface area contributed by atoms with Gasteiger partial charge >= 0.3 is 6.09 Å². The van der Waals surface area contributed by atoms with E-state index < -0.39 is 5.60 Å². The molecule has 0 spiro atoms. The van der Waals surface area contributed by atoms with Crippen LogP contribution < -0.4 is 5.32 Å². The van der Waals surface area contributed by atoms with Crippen LogP contribution in [0.25, 0.3) is 10.9 Å². The molecule has 1 N–H and O–H groups in total. The summed E-state index contributed by atoms with van der Waals surface area (Å²) in [4.78, 5) is 25.7. The molecule has 1 saturated heterocycles. The van der Waals surface area contributed by atoms with Gasteiger partial charge in [-0.25, -0.2) is 14.8 Å². The third-order valence-electron chi connectivity index (χ3n) is 6.45. The third kappa shape index (κ3) is 5.49. The fourth-order valence-electron chi connectivity index (χ4n) is 4.55. The van der Waals surface area contributed by atoms with Crippen LogP contribution in [0.4, 0.5) is 10.6 Å². The van der Waals surface area contributed by atoms with E-state index in [-0.39, 0.29) is 12.1 Å². The summed E-state index contributed by atoms with van der Waals surface area (Å²) in [6, 6.07) is 6.69. The van der Waals surface area contributed by atoms with Crippen LogP contribution in [-0.4, -0.2) is 70.2 Å². The number of hydrogen-bond donors (Lipinski definition) is 1. The van der Waals surface area contributed by atoms with Gasteiger partial charge in [-0.2, -0.15) is 0 Å². The Kier molecular flexibility index (Phi) is 6.56. The van der Waals surface area contributed by atoms with Gasteiger partial charge < -0.3 is 15.0 Å². The maximum Gasteiger partial charge on any atom is 0.410 e. The average molecular weight is 440 g/mol. The predicted octanol–water partition coefficient (Wildman–Crippen LogP) is 4.50. The van der Waals surface area contributed by atoms with Crippen molar-refractivity contribution in [3.8, 4) is 0 Å². The van der Waals surface area contributed by atoms with Gasteiger partial charge in [0.1, 0.15) is 17.7 Å². The molecule has 174 valence electrons. The first-order valence-electron chi connectivity index (χ1n) is 11.9. The summed E-state index contributed by atoms with van der Waals surface area (Å²) in [5.41, 5.74) is 1.95. The number of ether oxygens (including phenoxy) is 1. The Balaban J connectivity index is 1.35. The van der Waals surface area contributed by atoms with Crippen molar-refractivity contribution >= 4 is 22.8 Å². The summed E-state index contributed by atoms with van der Waals surface area (Å²) in [5, 5.41) is 4.71. The molecule has 2 heterocycles. The van der Waals surface area contributed by atoms with Gasteiger partial charge in [-0.1, -0.05) is 19.1 Å². The topological polar surface area (TPSA) is 70.6 Å². The Bertz CT molecular complexity index is 945. The van der Waals surface area contributed by atoms with Crippen molar-refractivity contribution in [3.05, 3.63) is 30.1 Å². The largest absolute Gasteiger partial charge is 0.444 e. The molecule has 2 fully saturated rings. The Hall–Kier alpha value is -2.41. The number of piperazine rings is 1. The maximum atomic E-state index is 12.3. The number of carbonyl (C=O) groups excluding carboxylic acids is 1. The van der Waals surface area contributed by atoms with Gasteiger partial charge in [0.25, 0.3) is 0 Å². The Morgan fingerprint density at radius 3 is 2.53 bits per heavy atom. The van der Waals surface area contributed by atoms with E-state index in [0.29, 0.717) is 19.0 Å². The van der Waals surface area contributed by atoms with Gasteiger partial charge in [0.2, 0.25) is 0 Å². The lowest BCUT2D eigenvalue weighted by molar-refractivity contribution is 0.0144. The van der Waals surface area contributed by atoms with E-state index in [0.717, 1.165) is 42.3 Å². The van der Waals surface area contributed by atoms with Gasteiger partial charge in [0.15, 0.2) is 0 Å². The molecule has 1 aliphatic carbocycles. The minimum absolute atomic E-state index is 0.216. The SMILES string of the molecule is CC(c1cccc2c(N[C@@H](C)CN3CCN(C(=O)OC(C)(C)C)CC3)ncnc12)C1CC1. The quantitative estimate of drug-likeness (QED) is 0.715. The molecule has 2 atom stereocenters. The van der Waals surface area contributed by atoms with Crippen molar-refractivity contribution in [1.29, 1.82) is 0 Å². The smallest absolute Gasteiger partial charge is 0.410 e. The molecule has 1 aliphatic heterocycles. The lowest BCUT2D eigenvalue weighted by Gasteiger charge is -2.36. The molecule has 1 aromatic carbocycles. The van der Waals surface area contributed by atoms with Gasteiger partial charge in [0.05, 0.1) is 5.52 Å². The molecule has 1 unspecified atom stereocenters. The number of hydrogen-bond acceptors (Lipinski definition) is 6. The van der Waals surface area contributed by atoms with Crippen LogP contribution in [0.5, 0.6) is 0 Å². The normalized spacial score (nSPS) is 19.6. The van der Waals surface area contributed by atoms with E-state index in [9.17, 15) is 4.79 Å². The fraction of sp³-hybridized carbons (Fsp3) is 0.640. The number of fused-ring (bicyclic) bond motifs is 1.